The predicted octanol–water partition coefficient (Wildman–Crippen LogP) is 5.06. The Morgan fingerprint density at radius 2 is 1.80 bits per heavy atom. The summed E-state index contributed by atoms with van der Waals surface area (Å²) < 4.78 is 5.20. The van der Waals surface area contributed by atoms with Gasteiger partial charge in [-0.15, -0.1) is 0 Å². The number of hydrogen-bond acceptors (Lipinski definition) is 6. The van der Waals surface area contributed by atoms with E-state index in [1.165, 1.54) is 5.57 Å². The molecule has 6 rings (SSSR count). The van der Waals surface area contributed by atoms with Crippen LogP contribution in [0, 0.1) is 6.92 Å². The Balaban J connectivity index is 1.19. The molecule has 1 aromatic carbocycles. The highest BCUT2D eigenvalue weighted by Crippen LogP contribution is 2.37. The van der Waals surface area contributed by atoms with Crippen LogP contribution in [-0.2, 0) is 6.42 Å². The maximum absolute atomic E-state index is 5.20. The molecule has 0 unspecified atom stereocenters. The molecule has 7 heteroatoms. The number of nitrogens with one attached hydrogen (secondary N) is 1. The summed E-state index contributed by atoms with van der Waals surface area (Å²) in [5.74, 6) is 3.18. The van der Waals surface area contributed by atoms with Gasteiger partial charge in [0, 0.05) is 54.5 Å². The zero-order valence-corrected chi connectivity index (χ0v) is 20.0. The van der Waals surface area contributed by atoms with E-state index in [1.807, 2.05) is 18.3 Å². The summed E-state index contributed by atoms with van der Waals surface area (Å²) in [5.41, 5.74) is 7.88. The molecule has 176 valence electrons. The van der Waals surface area contributed by atoms with Crippen molar-refractivity contribution in [3.63, 3.8) is 0 Å². The SMILES string of the molecule is COc1ccc(C2=Cc3c(ncnc3N3CCC(c4nc(-c5ccccc5)c(C)[nH]4)CC3)C2)cn1. The molecule has 35 heavy (non-hydrogen) atoms. The van der Waals surface area contributed by atoms with Crippen molar-refractivity contribution in [1.29, 1.82) is 0 Å². The zero-order chi connectivity index (χ0) is 23.8. The number of allylic oxidation sites excluding steroid dienone is 1. The van der Waals surface area contributed by atoms with Crippen LogP contribution in [0.1, 0.15) is 47.1 Å². The first kappa shape index (κ1) is 21.5. The Hall–Kier alpha value is -4.00. The monoisotopic (exact) mass is 464 g/mol. The van der Waals surface area contributed by atoms with Crippen molar-refractivity contribution in [3.05, 3.63) is 83.3 Å². The molecule has 0 bridgehead atoms. The summed E-state index contributed by atoms with van der Waals surface area (Å²) in [7, 11) is 1.63. The van der Waals surface area contributed by atoms with Crippen LogP contribution in [0.25, 0.3) is 22.9 Å². The number of piperidine rings is 1. The Bertz CT molecular complexity index is 1370. The van der Waals surface area contributed by atoms with Crippen LogP contribution in [0.2, 0.25) is 0 Å². The minimum atomic E-state index is 0.425. The molecule has 7 nitrogen and oxygen atoms in total. The molecular weight excluding hydrogens is 436 g/mol. The van der Waals surface area contributed by atoms with E-state index in [1.54, 1.807) is 13.4 Å². The topological polar surface area (TPSA) is 79.8 Å². The Labute approximate surface area is 205 Å². The van der Waals surface area contributed by atoms with Crippen molar-refractivity contribution in [3.8, 4) is 17.1 Å². The van der Waals surface area contributed by atoms with Gasteiger partial charge < -0.3 is 14.6 Å². The third kappa shape index (κ3) is 4.07. The highest BCUT2D eigenvalue weighted by atomic mass is 16.5. The molecule has 0 amide bonds. The average Bonchev–Trinajstić information content (AvgIpc) is 3.53. The van der Waals surface area contributed by atoms with Crippen LogP contribution in [0.3, 0.4) is 0 Å². The number of aryl methyl sites for hydroxylation is 1. The minimum Gasteiger partial charge on any atom is -0.481 e. The van der Waals surface area contributed by atoms with Crippen LogP contribution in [0.15, 0.2) is 55.0 Å². The molecule has 0 spiro atoms. The van der Waals surface area contributed by atoms with Crippen molar-refractivity contribution in [2.24, 2.45) is 0 Å². The van der Waals surface area contributed by atoms with E-state index >= 15 is 0 Å². The van der Waals surface area contributed by atoms with Crippen molar-refractivity contribution in [1.82, 2.24) is 24.9 Å². The molecule has 3 aromatic heterocycles. The molecule has 1 aliphatic heterocycles. The van der Waals surface area contributed by atoms with Crippen LogP contribution in [-0.4, -0.2) is 45.1 Å². The second kappa shape index (κ2) is 8.98. The highest BCUT2D eigenvalue weighted by molar-refractivity contribution is 5.91. The van der Waals surface area contributed by atoms with Gasteiger partial charge >= 0.3 is 0 Å². The third-order valence-electron chi connectivity index (χ3n) is 7.07. The van der Waals surface area contributed by atoms with Crippen molar-refractivity contribution < 1.29 is 4.74 Å². The smallest absolute Gasteiger partial charge is 0.212 e. The van der Waals surface area contributed by atoms with Gasteiger partial charge in [0.15, 0.2) is 0 Å². The van der Waals surface area contributed by atoms with E-state index in [9.17, 15) is 0 Å². The van der Waals surface area contributed by atoms with Gasteiger partial charge in [0.25, 0.3) is 0 Å². The number of benzene rings is 1. The minimum absolute atomic E-state index is 0.425. The lowest BCUT2D eigenvalue weighted by Crippen LogP contribution is -2.34. The van der Waals surface area contributed by atoms with Crippen LogP contribution in [0.5, 0.6) is 5.88 Å². The lowest BCUT2D eigenvalue weighted by atomic mass is 9.96. The maximum atomic E-state index is 5.20. The Morgan fingerprint density at radius 3 is 2.54 bits per heavy atom. The number of ether oxygens (including phenoxy) is 1. The number of anilines is 1. The number of methoxy groups -OCH3 is 1. The number of pyridine rings is 1. The zero-order valence-electron chi connectivity index (χ0n) is 20.0. The molecule has 2 aliphatic rings. The summed E-state index contributed by atoms with van der Waals surface area (Å²) in [5, 5.41) is 0. The highest BCUT2D eigenvalue weighted by Gasteiger charge is 2.28. The molecule has 1 fully saturated rings. The first-order valence-corrected chi connectivity index (χ1v) is 12.1. The lowest BCUT2D eigenvalue weighted by Gasteiger charge is -2.32. The van der Waals surface area contributed by atoms with E-state index < -0.39 is 0 Å². The number of imidazole rings is 1. The maximum Gasteiger partial charge on any atom is 0.212 e. The fourth-order valence-electron chi connectivity index (χ4n) is 5.16. The van der Waals surface area contributed by atoms with Gasteiger partial charge in [-0.3, -0.25) is 0 Å². The Kier molecular flexibility index (Phi) is 5.52. The predicted molar refractivity (Wildman–Crippen MR) is 137 cm³/mol. The van der Waals surface area contributed by atoms with E-state index in [0.717, 1.165) is 77.8 Å². The summed E-state index contributed by atoms with van der Waals surface area (Å²) in [4.78, 5) is 24.6. The second-order valence-corrected chi connectivity index (χ2v) is 9.22. The van der Waals surface area contributed by atoms with Gasteiger partial charge in [-0.1, -0.05) is 30.3 Å². The first-order valence-electron chi connectivity index (χ1n) is 12.1. The van der Waals surface area contributed by atoms with Gasteiger partial charge in [0.05, 0.1) is 18.5 Å². The molecule has 4 aromatic rings. The molecule has 1 saturated heterocycles. The Morgan fingerprint density at radius 1 is 0.971 bits per heavy atom. The van der Waals surface area contributed by atoms with Crippen molar-refractivity contribution in [2.75, 3.05) is 25.1 Å². The summed E-state index contributed by atoms with van der Waals surface area (Å²) in [6, 6.07) is 14.4. The van der Waals surface area contributed by atoms with Crippen LogP contribution < -0.4 is 9.64 Å². The quantitative estimate of drug-likeness (QED) is 0.445. The third-order valence-corrected chi connectivity index (χ3v) is 7.07. The van der Waals surface area contributed by atoms with E-state index in [0.29, 0.717) is 11.8 Å². The van der Waals surface area contributed by atoms with Crippen molar-refractivity contribution >= 4 is 17.5 Å². The van der Waals surface area contributed by atoms with Gasteiger partial charge in [-0.2, -0.15) is 0 Å². The molecule has 1 aliphatic carbocycles. The number of hydrogen-bond donors (Lipinski definition) is 1. The number of H-pyrrole nitrogens is 1. The molecule has 0 radical (unpaired) electrons. The molecule has 0 saturated carbocycles. The van der Waals surface area contributed by atoms with Crippen LogP contribution >= 0.6 is 0 Å². The van der Waals surface area contributed by atoms with Gasteiger partial charge in [-0.05, 0) is 43.0 Å². The molecule has 0 atom stereocenters. The van der Waals surface area contributed by atoms with E-state index in [-0.39, 0.29) is 0 Å². The summed E-state index contributed by atoms with van der Waals surface area (Å²) >= 11 is 0. The van der Waals surface area contributed by atoms with E-state index in [4.69, 9.17) is 14.7 Å². The molecular formula is C28H28N6O. The number of rotatable bonds is 5. The standard InChI is InChI=1S/C28H28N6O/c1-18-26(19-6-4-3-5-7-19)33-27(32-18)20-10-12-34(13-11-20)28-23-14-22(15-24(23)30-17-31-28)21-8-9-25(35-2)29-16-21/h3-9,14,16-17,20H,10-13,15H2,1-2H3,(H,32,33). The largest absolute Gasteiger partial charge is 0.481 e. The van der Waals surface area contributed by atoms with E-state index in [2.05, 4.69) is 63.2 Å². The average molecular weight is 465 g/mol. The number of aromatic nitrogens is 5. The fourth-order valence-corrected chi connectivity index (χ4v) is 5.16. The number of aromatic amines is 1. The first-order chi connectivity index (χ1) is 17.2. The molecule has 4 heterocycles. The number of nitrogens with zero attached hydrogens (tertiary/aromatic N) is 5. The van der Waals surface area contributed by atoms with Gasteiger partial charge in [0.2, 0.25) is 5.88 Å². The van der Waals surface area contributed by atoms with Gasteiger partial charge in [-0.25, -0.2) is 19.9 Å². The summed E-state index contributed by atoms with van der Waals surface area (Å²) in [6.45, 7) is 4.00. The second-order valence-electron chi connectivity index (χ2n) is 9.22. The van der Waals surface area contributed by atoms with Gasteiger partial charge in [0.1, 0.15) is 18.0 Å². The number of fused-ring (bicyclic) bond motifs is 1. The lowest BCUT2D eigenvalue weighted by molar-refractivity contribution is 0.398. The fraction of sp³-hybridized carbons (Fsp3) is 0.286. The van der Waals surface area contributed by atoms with Crippen LogP contribution in [0.4, 0.5) is 5.82 Å². The van der Waals surface area contributed by atoms with Crippen molar-refractivity contribution in [2.45, 2.75) is 32.1 Å². The molecule has 1 N–H and O–H groups in total. The summed E-state index contributed by atoms with van der Waals surface area (Å²) in [6.07, 6.45) is 8.67. The normalized spacial score (nSPS) is 15.7.